The predicted molar refractivity (Wildman–Crippen MR) is 144 cm³/mol. The molecule has 0 bridgehead atoms. The molecule has 220 valence electrons. The van der Waals surface area contributed by atoms with E-state index in [0.717, 1.165) is 12.0 Å². The number of esters is 3. The van der Waals surface area contributed by atoms with Gasteiger partial charge in [0, 0.05) is 38.2 Å². The number of benzene rings is 1. The first kappa shape index (κ1) is 32.7. The highest BCUT2D eigenvalue weighted by atomic mass is 16.7. The molecule has 9 atom stereocenters. The van der Waals surface area contributed by atoms with Gasteiger partial charge in [0.15, 0.2) is 12.4 Å². The van der Waals surface area contributed by atoms with Gasteiger partial charge in [-0.15, -0.1) is 0 Å². The first-order chi connectivity index (χ1) is 18.4. The molecule has 0 N–H and O–H groups in total. The summed E-state index contributed by atoms with van der Waals surface area (Å²) in [6.07, 6.45) is -1.87. The smallest absolute Gasteiger partial charge is 0.303 e. The minimum Gasteiger partial charge on any atom is -0.466 e. The third-order valence-corrected chi connectivity index (χ3v) is 7.11. The zero-order valence-corrected chi connectivity index (χ0v) is 24.6. The van der Waals surface area contributed by atoms with E-state index in [4.69, 9.17) is 28.4 Å². The van der Waals surface area contributed by atoms with Gasteiger partial charge in [-0.25, -0.2) is 0 Å². The van der Waals surface area contributed by atoms with Gasteiger partial charge in [-0.3, -0.25) is 14.4 Å². The molecule has 0 aliphatic carbocycles. The molecule has 0 spiro atoms. The van der Waals surface area contributed by atoms with Crippen LogP contribution >= 0.6 is 0 Å². The maximum Gasteiger partial charge on any atom is 0.303 e. The lowest BCUT2D eigenvalue weighted by Gasteiger charge is -2.42. The van der Waals surface area contributed by atoms with Gasteiger partial charge >= 0.3 is 17.9 Å². The zero-order chi connectivity index (χ0) is 29.1. The molecule has 2 rings (SSSR count). The molecular formula is C30H46O9. The van der Waals surface area contributed by atoms with Crippen molar-refractivity contribution in [2.45, 2.75) is 105 Å². The van der Waals surface area contributed by atoms with Crippen LogP contribution in [0.1, 0.15) is 80.1 Å². The van der Waals surface area contributed by atoms with Crippen LogP contribution in [0.25, 0.3) is 0 Å². The van der Waals surface area contributed by atoms with Crippen LogP contribution in [0.3, 0.4) is 0 Å². The van der Waals surface area contributed by atoms with Gasteiger partial charge < -0.3 is 28.4 Å². The summed E-state index contributed by atoms with van der Waals surface area (Å²) >= 11 is 0. The molecule has 1 aromatic carbocycles. The molecule has 1 fully saturated rings. The van der Waals surface area contributed by atoms with Crippen LogP contribution in [-0.2, 0) is 42.8 Å². The van der Waals surface area contributed by atoms with Crippen molar-refractivity contribution in [1.29, 1.82) is 0 Å². The van der Waals surface area contributed by atoms with E-state index in [1.165, 1.54) is 20.8 Å². The molecule has 0 aromatic heterocycles. The highest BCUT2D eigenvalue weighted by Gasteiger charge is 2.42. The van der Waals surface area contributed by atoms with E-state index in [0.29, 0.717) is 13.0 Å². The third-order valence-electron chi connectivity index (χ3n) is 7.11. The number of hydrogen-bond acceptors (Lipinski definition) is 9. The molecule has 9 heteroatoms. The van der Waals surface area contributed by atoms with E-state index in [1.807, 2.05) is 51.1 Å². The van der Waals surface area contributed by atoms with Gasteiger partial charge in [-0.2, -0.15) is 0 Å². The molecule has 0 saturated carbocycles. The molecule has 0 amide bonds. The maximum absolute atomic E-state index is 12.2. The van der Waals surface area contributed by atoms with Crippen LogP contribution in [0.15, 0.2) is 30.3 Å². The van der Waals surface area contributed by atoms with E-state index in [-0.39, 0.29) is 36.6 Å². The molecule has 39 heavy (non-hydrogen) atoms. The first-order valence-electron chi connectivity index (χ1n) is 13.9. The van der Waals surface area contributed by atoms with Gasteiger partial charge in [0.1, 0.15) is 6.10 Å². The fourth-order valence-corrected chi connectivity index (χ4v) is 4.85. The number of hydrogen-bond donors (Lipinski definition) is 0. The average molecular weight is 551 g/mol. The summed E-state index contributed by atoms with van der Waals surface area (Å²) in [4.78, 5) is 35.7. The Morgan fingerprint density at radius 3 is 2.13 bits per heavy atom. The second-order valence-electron chi connectivity index (χ2n) is 10.6. The Morgan fingerprint density at radius 2 is 1.56 bits per heavy atom. The second kappa shape index (κ2) is 15.9. The standard InChI is InChI=1S/C30H46O9/c1-9-13-26(27-19(3)17-35-30(39-27)25-14-11-10-12-15-25)36-21(5)29(38-24(8)33)28(37-23(7)32)20(4)18(2)16-34-22(6)31/h10-12,14-15,18-21,26-30H,9,13,16-17H2,1-8H3. The summed E-state index contributed by atoms with van der Waals surface area (Å²) in [5, 5.41) is 0. The van der Waals surface area contributed by atoms with Crippen molar-refractivity contribution >= 4 is 17.9 Å². The Kier molecular flexibility index (Phi) is 13.4. The maximum atomic E-state index is 12.2. The summed E-state index contributed by atoms with van der Waals surface area (Å²) in [6.45, 7) is 14.3. The van der Waals surface area contributed by atoms with E-state index in [1.54, 1.807) is 0 Å². The van der Waals surface area contributed by atoms with E-state index < -0.39 is 42.5 Å². The van der Waals surface area contributed by atoms with Crippen molar-refractivity contribution in [3.05, 3.63) is 35.9 Å². The minimum atomic E-state index is -0.888. The highest BCUT2D eigenvalue weighted by molar-refractivity contribution is 5.67. The number of carbonyl (C=O) groups is 3. The van der Waals surface area contributed by atoms with Crippen molar-refractivity contribution in [2.24, 2.45) is 17.8 Å². The average Bonchev–Trinajstić information content (AvgIpc) is 2.89. The van der Waals surface area contributed by atoms with Crippen LogP contribution in [0.4, 0.5) is 0 Å². The van der Waals surface area contributed by atoms with Crippen molar-refractivity contribution in [3.8, 4) is 0 Å². The molecule has 1 aromatic rings. The summed E-state index contributed by atoms with van der Waals surface area (Å²) in [5.74, 6) is -1.84. The fourth-order valence-electron chi connectivity index (χ4n) is 4.85. The second-order valence-corrected chi connectivity index (χ2v) is 10.6. The van der Waals surface area contributed by atoms with Crippen LogP contribution in [0.5, 0.6) is 0 Å². The topological polar surface area (TPSA) is 107 Å². The number of carbonyl (C=O) groups excluding carboxylic acids is 3. The van der Waals surface area contributed by atoms with Crippen LogP contribution < -0.4 is 0 Å². The van der Waals surface area contributed by atoms with Crippen LogP contribution in [-0.4, -0.2) is 61.6 Å². The number of rotatable bonds is 14. The molecular weight excluding hydrogens is 504 g/mol. The Morgan fingerprint density at radius 1 is 0.949 bits per heavy atom. The van der Waals surface area contributed by atoms with Crippen molar-refractivity contribution < 1.29 is 42.8 Å². The summed E-state index contributed by atoms with van der Waals surface area (Å²) in [5.41, 5.74) is 0.931. The first-order valence-corrected chi connectivity index (χ1v) is 13.9. The van der Waals surface area contributed by atoms with Gasteiger partial charge in [0.05, 0.1) is 31.5 Å². The molecule has 1 aliphatic heterocycles. The van der Waals surface area contributed by atoms with Gasteiger partial charge in [0.2, 0.25) is 0 Å². The van der Waals surface area contributed by atoms with E-state index in [2.05, 4.69) is 13.8 Å². The highest BCUT2D eigenvalue weighted by Crippen LogP contribution is 2.34. The normalized spacial score (nSPS) is 23.9. The number of ether oxygens (including phenoxy) is 6. The Hall–Kier alpha value is -2.49. The van der Waals surface area contributed by atoms with E-state index in [9.17, 15) is 14.4 Å². The monoisotopic (exact) mass is 550 g/mol. The molecule has 1 aliphatic rings. The summed E-state index contributed by atoms with van der Waals surface area (Å²) in [7, 11) is 0. The molecule has 9 unspecified atom stereocenters. The summed E-state index contributed by atoms with van der Waals surface area (Å²) in [6, 6.07) is 9.77. The van der Waals surface area contributed by atoms with E-state index >= 15 is 0 Å². The molecule has 1 heterocycles. The van der Waals surface area contributed by atoms with Crippen molar-refractivity contribution in [1.82, 2.24) is 0 Å². The quantitative estimate of drug-likeness (QED) is 0.233. The fraction of sp³-hybridized carbons (Fsp3) is 0.700. The lowest BCUT2D eigenvalue weighted by Crippen LogP contribution is -2.51. The zero-order valence-electron chi connectivity index (χ0n) is 24.6. The van der Waals surface area contributed by atoms with Crippen molar-refractivity contribution in [3.63, 3.8) is 0 Å². The van der Waals surface area contributed by atoms with Crippen LogP contribution in [0.2, 0.25) is 0 Å². The predicted octanol–water partition coefficient (Wildman–Crippen LogP) is 5.01. The van der Waals surface area contributed by atoms with Gasteiger partial charge in [-0.1, -0.05) is 64.4 Å². The lowest BCUT2D eigenvalue weighted by atomic mass is 9.86. The Labute approximate surface area is 232 Å². The third kappa shape index (κ3) is 10.2. The van der Waals surface area contributed by atoms with Gasteiger partial charge in [-0.05, 0) is 19.3 Å². The molecule has 1 saturated heterocycles. The largest absolute Gasteiger partial charge is 0.466 e. The lowest BCUT2D eigenvalue weighted by molar-refractivity contribution is -0.273. The summed E-state index contributed by atoms with van der Waals surface area (Å²) < 4.78 is 35.7. The van der Waals surface area contributed by atoms with Gasteiger partial charge in [0.25, 0.3) is 0 Å². The molecule has 9 nitrogen and oxygen atoms in total. The molecule has 0 radical (unpaired) electrons. The Bertz CT molecular complexity index is 905. The van der Waals surface area contributed by atoms with Crippen LogP contribution in [0, 0.1) is 17.8 Å². The minimum absolute atomic E-state index is 0.0628. The SMILES string of the molecule is CCCC(OC(C)C(OC(C)=O)C(OC(C)=O)C(C)C(C)COC(C)=O)C1OC(c2ccccc2)OCC1C. The Balaban J connectivity index is 2.29. The van der Waals surface area contributed by atoms with Crippen molar-refractivity contribution in [2.75, 3.05) is 13.2 Å².